The van der Waals surface area contributed by atoms with Gasteiger partial charge in [-0.1, -0.05) is 54.6 Å². The highest BCUT2D eigenvalue weighted by Crippen LogP contribution is 2.40. The summed E-state index contributed by atoms with van der Waals surface area (Å²) in [7, 11) is 0. The molecule has 0 fully saturated rings. The van der Waals surface area contributed by atoms with E-state index in [1.165, 1.54) is 16.7 Å². The normalized spacial score (nSPS) is 22.4. The molecule has 2 aromatic carbocycles. The van der Waals surface area contributed by atoms with E-state index < -0.39 is 0 Å². The summed E-state index contributed by atoms with van der Waals surface area (Å²) in [6.45, 7) is 2.13. The number of hydrogen-bond donors (Lipinski definition) is 0. The molecule has 2 atom stereocenters. The van der Waals surface area contributed by atoms with Gasteiger partial charge in [0.25, 0.3) is 0 Å². The maximum absolute atomic E-state index is 6.04. The Labute approximate surface area is 102 Å². The van der Waals surface area contributed by atoms with E-state index >= 15 is 0 Å². The van der Waals surface area contributed by atoms with Crippen molar-refractivity contribution in [2.75, 3.05) is 0 Å². The van der Waals surface area contributed by atoms with Gasteiger partial charge in [-0.15, -0.1) is 0 Å². The fourth-order valence-electron chi connectivity index (χ4n) is 2.55. The lowest BCUT2D eigenvalue weighted by Crippen LogP contribution is -2.01. The quantitative estimate of drug-likeness (QED) is 0.747. The summed E-state index contributed by atoms with van der Waals surface area (Å²) in [6.07, 6.45) is 1.39. The highest BCUT2D eigenvalue weighted by molar-refractivity contribution is 5.35. The highest BCUT2D eigenvalue weighted by atomic mass is 16.5. The third-order valence-electron chi connectivity index (χ3n) is 3.41. The van der Waals surface area contributed by atoms with E-state index in [0.717, 1.165) is 6.42 Å². The van der Waals surface area contributed by atoms with Gasteiger partial charge in [-0.05, 0) is 23.6 Å². The van der Waals surface area contributed by atoms with Gasteiger partial charge in [0.1, 0.15) is 0 Å². The van der Waals surface area contributed by atoms with Gasteiger partial charge in [0.2, 0.25) is 0 Å². The maximum atomic E-state index is 6.04. The van der Waals surface area contributed by atoms with E-state index in [1.807, 2.05) is 0 Å². The predicted octanol–water partition coefficient (Wildman–Crippen LogP) is 4.06. The lowest BCUT2D eigenvalue weighted by Gasteiger charge is -2.12. The summed E-state index contributed by atoms with van der Waals surface area (Å²) in [5, 5.41) is 0. The van der Waals surface area contributed by atoms with Crippen LogP contribution in [-0.2, 0) is 11.2 Å². The lowest BCUT2D eigenvalue weighted by molar-refractivity contribution is 0.0223. The minimum atomic E-state index is 0.212. The van der Waals surface area contributed by atoms with Crippen molar-refractivity contribution in [1.29, 1.82) is 0 Å². The zero-order valence-corrected chi connectivity index (χ0v) is 9.97. The van der Waals surface area contributed by atoms with Crippen LogP contribution in [0.4, 0.5) is 0 Å². The fourth-order valence-corrected chi connectivity index (χ4v) is 2.55. The van der Waals surface area contributed by atoms with E-state index in [-0.39, 0.29) is 12.2 Å². The Kier molecular flexibility index (Phi) is 2.69. The largest absolute Gasteiger partial charge is 0.366 e. The predicted molar refractivity (Wildman–Crippen MR) is 68.8 cm³/mol. The Hall–Kier alpha value is -1.60. The molecule has 1 aliphatic rings. The number of benzene rings is 2. The first kappa shape index (κ1) is 10.5. The molecule has 0 spiro atoms. The van der Waals surface area contributed by atoms with Crippen molar-refractivity contribution < 1.29 is 4.74 Å². The third kappa shape index (κ3) is 1.98. The molecular weight excluding hydrogens is 208 g/mol. The van der Waals surface area contributed by atoms with Gasteiger partial charge in [-0.3, -0.25) is 0 Å². The molecule has 1 aliphatic heterocycles. The summed E-state index contributed by atoms with van der Waals surface area (Å²) in [4.78, 5) is 0. The van der Waals surface area contributed by atoms with Crippen LogP contribution < -0.4 is 0 Å². The Balaban J connectivity index is 1.87. The number of ether oxygens (including phenoxy) is 1. The Morgan fingerprint density at radius 3 is 2.29 bits per heavy atom. The topological polar surface area (TPSA) is 9.23 Å². The van der Waals surface area contributed by atoms with E-state index in [0.29, 0.717) is 0 Å². The minimum absolute atomic E-state index is 0.212. The Bertz CT molecular complexity index is 504. The summed E-state index contributed by atoms with van der Waals surface area (Å²) < 4.78 is 6.04. The Morgan fingerprint density at radius 2 is 1.53 bits per heavy atom. The van der Waals surface area contributed by atoms with Crippen molar-refractivity contribution in [3.05, 3.63) is 71.3 Å². The molecule has 3 rings (SSSR count). The average Bonchev–Trinajstić information content (AvgIpc) is 2.69. The van der Waals surface area contributed by atoms with Crippen molar-refractivity contribution in [3.8, 4) is 0 Å². The molecular formula is C16H16O. The molecule has 0 radical (unpaired) electrons. The average molecular weight is 224 g/mol. The summed E-state index contributed by atoms with van der Waals surface area (Å²) in [5.74, 6) is 0. The first-order valence-corrected chi connectivity index (χ1v) is 6.13. The SMILES string of the molecule is C[C@H]1O[C@H](Cc2ccccc2)c2ccccc21. The fraction of sp³-hybridized carbons (Fsp3) is 0.250. The molecule has 0 bridgehead atoms. The van der Waals surface area contributed by atoms with Crippen LogP contribution in [0.3, 0.4) is 0 Å². The Morgan fingerprint density at radius 1 is 0.882 bits per heavy atom. The van der Waals surface area contributed by atoms with Crippen molar-refractivity contribution in [1.82, 2.24) is 0 Å². The van der Waals surface area contributed by atoms with Crippen molar-refractivity contribution in [2.45, 2.75) is 25.6 Å². The van der Waals surface area contributed by atoms with Crippen LogP contribution in [0.5, 0.6) is 0 Å². The highest BCUT2D eigenvalue weighted by Gasteiger charge is 2.28. The third-order valence-corrected chi connectivity index (χ3v) is 3.41. The van der Waals surface area contributed by atoms with Crippen LogP contribution in [0.2, 0.25) is 0 Å². The molecule has 0 aromatic heterocycles. The van der Waals surface area contributed by atoms with Crippen LogP contribution in [0.15, 0.2) is 54.6 Å². The first-order valence-electron chi connectivity index (χ1n) is 6.13. The molecule has 86 valence electrons. The zero-order valence-electron chi connectivity index (χ0n) is 9.97. The number of rotatable bonds is 2. The standard InChI is InChI=1S/C16H16O/c1-12-14-9-5-6-10-15(14)16(17-12)11-13-7-3-2-4-8-13/h2-10,12,16H,11H2,1H3/t12-,16-/m1/s1. The van der Waals surface area contributed by atoms with E-state index in [9.17, 15) is 0 Å². The molecule has 0 amide bonds. The molecule has 17 heavy (non-hydrogen) atoms. The second-order valence-corrected chi connectivity index (χ2v) is 4.59. The second kappa shape index (κ2) is 4.34. The molecule has 0 saturated carbocycles. The van der Waals surface area contributed by atoms with E-state index in [4.69, 9.17) is 4.74 Å². The molecule has 0 unspecified atom stereocenters. The molecule has 0 saturated heterocycles. The van der Waals surface area contributed by atoms with Crippen LogP contribution in [0, 0.1) is 0 Å². The number of hydrogen-bond acceptors (Lipinski definition) is 1. The van der Waals surface area contributed by atoms with Gasteiger partial charge in [-0.25, -0.2) is 0 Å². The summed E-state index contributed by atoms with van der Waals surface area (Å²) >= 11 is 0. The summed E-state index contributed by atoms with van der Waals surface area (Å²) in [5.41, 5.74) is 4.03. The molecule has 0 N–H and O–H groups in total. The molecule has 0 aliphatic carbocycles. The van der Waals surface area contributed by atoms with Crippen molar-refractivity contribution >= 4 is 0 Å². The number of fused-ring (bicyclic) bond motifs is 1. The van der Waals surface area contributed by atoms with Crippen molar-refractivity contribution in [3.63, 3.8) is 0 Å². The second-order valence-electron chi connectivity index (χ2n) is 4.59. The van der Waals surface area contributed by atoms with Gasteiger partial charge < -0.3 is 4.74 Å². The molecule has 1 heteroatoms. The van der Waals surface area contributed by atoms with Crippen LogP contribution >= 0.6 is 0 Å². The van der Waals surface area contributed by atoms with Crippen LogP contribution in [0.25, 0.3) is 0 Å². The van der Waals surface area contributed by atoms with Gasteiger partial charge in [-0.2, -0.15) is 0 Å². The lowest BCUT2D eigenvalue weighted by atomic mass is 9.98. The summed E-state index contributed by atoms with van der Waals surface area (Å²) in [6, 6.07) is 19.1. The monoisotopic (exact) mass is 224 g/mol. The zero-order chi connectivity index (χ0) is 11.7. The van der Waals surface area contributed by atoms with Gasteiger partial charge in [0.05, 0.1) is 12.2 Å². The van der Waals surface area contributed by atoms with Gasteiger partial charge >= 0.3 is 0 Å². The van der Waals surface area contributed by atoms with Gasteiger partial charge in [0, 0.05) is 6.42 Å². The first-order chi connectivity index (χ1) is 8.34. The molecule has 2 aromatic rings. The smallest absolute Gasteiger partial charge is 0.0877 e. The maximum Gasteiger partial charge on any atom is 0.0877 e. The molecule has 1 heterocycles. The van der Waals surface area contributed by atoms with Crippen LogP contribution in [-0.4, -0.2) is 0 Å². The van der Waals surface area contributed by atoms with Gasteiger partial charge in [0.15, 0.2) is 0 Å². The van der Waals surface area contributed by atoms with E-state index in [1.54, 1.807) is 0 Å². The minimum Gasteiger partial charge on any atom is -0.366 e. The van der Waals surface area contributed by atoms with Crippen molar-refractivity contribution in [2.24, 2.45) is 0 Å². The molecule has 1 nitrogen and oxygen atoms in total. The van der Waals surface area contributed by atoms with E-state index in [2.05, 4.69) is 61.5 Å². The van der Waals surface area contributed by atoms with Crippen LogP contribution in [0.1, 0.15) is 35.8 Å².